The molecule has 0 aromatic rings. The van der Waals surface area contributed by atoms with Crippen LogP contribution < -0.4 is 37.2 Å². The maximum atomic E-state index is 2.49. The van der Waals surface area contributed by atoms with Crippen molar-refractivity contribution in [2.45, 2.75) is 52.1 Å². The van der Waals surface area contributed by atoms with E-state index in [-0.39, 0.29) is 53.5 Å². The van der Waals surface area contributed by atoms with Crippen LogP contribution in [0.2, 0.25) is 39.3 Å². The monoisotopic (exact) mass is 430 g/mol. The SMILES string of the molecule is C[Si](C)(C)C1=[C]([V+3][C]2=C([Si](C)(C)C)C=CC2)CC=C1.[Cl-].[Cl-].[Cl-]. The Labute approximate surface area is 164 Å². The van der Waals surface area contributed by atoms with Crippen molar-refractivity contribution in [1.29, 1.82) is 0 Å². The summed E-state index contributed by atoms with van der Waals surface area (Å²) in [6.07, 6.45) is 12.2. The fourth-order valence-electron chi connectivity index (χ4n) is 2.73. The van der Waals surface area contributed by atoms with E-state index >= 15 is 0 Å². The van der Waals surface area contributed by atoms with Crippen LogP contribution in [0.3, 0.4) is 0 Å². The Morgan fingerprint density at radius 1 is 0.682 bits per heavy atom. The molecule has 0 bridgehead atoms. The van der Waals surface area contributed by atoms with Gasteiger partial charge in [0, 0.05) is 0 Å². The van der Waals surface area contributed by atoms with Gasteiger partial charge in [-0.05, 0) is 0 Å². The van der Waals surface area contributed by atoms with Crippen LogP contribution in [0.25, 0.3) is 0 Å². The Balaban J connectivity index is 0. The molecule has 0 aliphatic heterocycles. The minimum Gasteiger partial charge on any atom is -1.00 e. The molecule has 0 fully saturated rings. The van der Waals surface area contributed by atoms with Gasteiger partial charge in [-0.1, -0.05) is 0 Å². The van der Waals surface area contributed by atoms with Crippen LogP contribution in [0.1, 0.15) is 12.8 Å². The van der Waals surface area contributed by atoms with E-state index in [9.17, 15) is 0 Å². The first kappa shape index (κ1) is 25.1. The standard InChI is InChI=1S/2C8H13Si.3ClH.V/c2*1-9(2,3)8-6-4-5-7-8;;;;/h2*4,6H,5H2,1-3H3;3*1H;/q;;;;;+3/p-3. The molecule has 2 rings (SSSR count). The second-order valence-electron chi connectivity index (χ2n) is 7.55. The normalized spacial score (nSPS) is 17.0. The summed E-state index contributed by atoms with van der Waals surface area (Å²) in [5, 5.41) is 3.50. The van der Waals surface area contributed by atoms with E-state index < -0.39 is 16.1 Å². The Hall–Kier alpha value is 0.848. The topological polar surface area (TPSA) is 0 Å². The van der Waals surface area contributed by atoms with Gasteiger partial charge in [0.2, 0.25) is 0 Å². The third kappa shape index (κ3) is 6.05. The average Bonchev–Trinajstić information content (AvgIpc) is 2.83. The zero-order valence-corrected chi connectivity index (χ0v) is 20.0. The Bertz CT molecular complexity index is 460. The number of halogens is 3. The molecule has 0 saturated heterocycles. The summed E-state index contributed by atoms with van der Waals surface area (Å²) in [4.78, 5) is 0. The zero-order chi connectivity index (χ0) is 14.3. The molecule has 0 N–H and O–H groups in total. The molecule has 2 aliphatic rings. The largest absolute Gasteiger partial charge is 1.00 e. The summed E-state index contributed by atoms with van der Waals surface area (Å²) in [5.74, 6) is 0. The number of hydrogen-bond donors (Lipinski definition) is 0. The fraction of sp³-hybridized carbons (Fsp3) is 0.500. The van der Waals surface area contributed by atoms with E-state index in [2.05, 4.69) is 63.6 Å². The second-order valence-corrected chi connectivity index (χ2v) is 19.7. The van der Waals surface area contributed by atoms with Crippen LogP contribution in [0.4, 0.5) is 0 Å². The van der Waals surface area contributed by atoms with E-state index in [0.29, 0.717) is 0 Å². The summed E-state index contributed by atoms with van der Waals surface area (Å²) in [6, 6.07) is 0. The molecule has 2 aliphatic carbocycles. The van der Waals surface area contributed by atoms with E-state index in [4.69, 9.17) is 0 Å². The summed E-state index contributed by atoms with van der Waals surface area (Å²) >= 11 is 0.276. The van der Waals surface area contributed by atoms with Crippen LogP contribution in [-0.4, -0.2) is 16.1 Å². The Kier molecular flexibility index (Phi) is 10.7. The van der Waals surface area contributed by atoms with Gasteiger partial charge in [-0.2, -0.15) is 0 Å². The summed E-state index contributed by atoms with van der Waals surface area (Å²) in [5.41, 5.74) is 0. The predicted octanol–water partition coefficient (Wildman–Crippen LogP) is -3.74. The molecule has 0 atom stereocenters. The van der Waals surface area contributed by atoms with Gasteiger partial charge in [0.15, 0.2) is 0 Å². The summed E-state index contributed by atoms with van der Waals surface area (Å²) in [7, 11) is -2.28. The van der Waals surface area contributed by atoms with Crippen molar-refractivity contribution in [2.24, 2.45) is 0 Å². The molecule has 124 valence electrons. The molecule has 0 radical (unpaired) electrons. The molecule has 22 heavy (non-hydrogen) atoms. The van der Waals surface area contributed by atoms with Crippen LogP contribution >= 0.6 is 0 Å². The van der Waals surface area contributed by atoms with E-state index in [1.807, 2.05) is 8.57 Å². The molecular formula is C16H26Cl3Si2V. The van der Waals surface area contributed by atoms with E-state index in [1.165, 1.54) is 12.8 Å². The molecule has 0 nitrogen and oxygen atoms in total. The molecule has 6 heteroatoms. The first-order valence-corrected chi connectivity index (χ1v) is 15.6. The quantitative estimate of drug-likeness (QED) is 0.402. The van der Waals surface area contributed by atoms with Gasteiger partial charge in [0.05, 0.1) is 0 Å². The van der Waals surface area contributed by atoms with Crippen LogP contribution in [-0.2, 0) is 16.3 Å². The van der Waals surface area contributed by atoms with E-state index in [1.54, 1.807) is 10.4 Å². The Morgan fingerprint density at radius 2 is 1.00 bits per heavy atom. The average molecular weight is 432 g/mol. The van der Waals surface area contributed by atoms with Gasteiger partial charge in [-0.25, -0.2) is 0 Å². The van der Waals surface area contributed by atoms with Crippen LogP contribution in [0.15, 0.2) is 43.3 Å². The van der Waals surface area contributed by atoms with Crippen molar-refractivity contribution in [3.63, 3.8) is 0 Å². The fourth-order valence-corrected chi connectivity index (χ4v) is 11.2. The minimum atomic E-state index is -1.14. The molecule has 0 saturated carbocycles. The number of allylic oxidation sites excluding steroid dienone is 8. The maximum Gasteiger partial charge on any atom is -1.00 e. The molecule has 0 aromatic carbocycles. The molecule has 0 amide bonds. The summed E-state index contributed by atoms with van der Waals surface area (Å²) < 4.78 is 3.62. The predicted molar refractivity (Wildman–Crippen MR) is 88.3 cm³/mol. The van der Waals surface area contributed by atoms with E-state index in [0.717, 1.165) is 0 Å². The van der Waals surface area contributed by atoms with Gasteiger partial charge >= 0.3 is 128 Å². The van der Waals surface area contributed by atoms with Crippen LogP contribution in [0, 0.1) is 0 Å². The first-order chi connectivity index (χ1) is 8.69. The first-order valence-electron chi connectivity index (χ1n) is 7.21. The van der Waals surface area contributed by atoms with Crippen molar-refractivity contribution in [3.05, 3.63) is 43.3 Å². The van der Waals surface area contributed by atoms with Gasteiger partial charge in [0.25, 0.3) is 0 Å². The smallest absolute Gasteiger partial charge is 1.00 e. The van der Waals surface area contributed by atoms with Crippen molar-refractivity contribution >= 4 is 16.1 Å². The van der Waals surface area contributed by atoms with Crippen molar-refractivity contribution in [3.8, 4) is 0 Å². The van der Waals surface area contributed by atoms with Crippen molar-refractivity contribution in [1.82, 2.24) is 0 Å². The second kappa shape index (κ2) is 9.36. The van der Waals surface area contributed by atoms with Crippen molar-refractivity contribution in [2.75, 3.05) is 0 Å². The van der Waals surface area contributed by atoms with Crippen molar-refractivity contribution < 1.29 is 53.5 Å². The van der Waals surface area contributed by atoms with Crippen LogP contribution in [0.5, 0.6) is 0 Å². The Morgan fingerprint density at radius 3 is 1.27 bits per heavy atom. The number of rotatable bonds is 4. The molecule has 0 aromatic heterocycles. The molecule has 0 spiro atoms. The van der Waals surface area contributed by atoms with Gasteiger partial charge in [-0.3, -0.25) is 0 Å². The minimum absolute atomic E-state index is 0. The third-order valence-corrected chi connectivity index (χ3v) is 10.7. The molecule has 0 heterocycles. The summed E-state index contributed by atoms with van der Waals surface area (Å²) in [6.45, 7) is 14.9. The molecule has 0 unspecified atom stereocenters. The van der Waals surface area contributed by atoms with Gasteiger partial charge in [0.1, 0.15) is 0 Å². The maximum absolute atomic E-state index is 2.49. The van der Waals surface area contributed by atoms with Gasteiger partial charge < -0.3 is 37.2 Å². The van der Waals surface area contributed by atoms with Gasteiger partial charge in [-0.15, -0.1) is 0 Å². The third-order valence-electron chi connectivity index (χ3n) is 3.70. The zero-order valence-electron chi connectivity index (χ0n) is 14.3. The number of hydrogen-bond acceptors (Lipinski definition) is 0. The molecular weight excluding hydrogens is 406 g/mol.